The number of rotatable bonds is 7. The number of azide groups is 1. The molecule has 0 aromatic carbocycles. The predicted molar refractivity (Wildman–Crippen MR) is 74.0 cm³/mol. The molecule has 0 aliphatic carbocycles. The van der Waals surface area contributed by atoms with Gasteiger partial charge in [-0.1, -0.05) is 10.3 Å². The van der Waals surface area contributed by atoms with Crippen LogP contribution in [0.3, 0.4) is 0 Å². The molecule has 0 radical (unpaired) electrons. The van der Waals surface area contributed by atoms with Crippen molar-refractivity contribution in [3.63, 3.8) is 0 Å². The van der Waals surface area contributed by atoms with Crippen LogP contribution in [0.4, 0.5) is 0 Å². The first-order valence-electron chi connectivity index (χ1n) is 6.30. The van der Waals surface area contributed by atoms with Crippen LogP contribution >= 0.6 is 0 Å². The maximum Gasteiger partial charge on any atom is 0.216 e. The van der Waals surface area contributed by atoms with Gasteiger partial charge in [0.05, 0.1) is 13.3 Å². The van der Waals surface area contributed by atoms with E-state index in [9.17, 15) is 0 Å². The summed E-state index contributed by atoms with van der Waals surface area (Å²) < 4.78 is 15.7. The smallest absolute Gasteiger partial charge is 0.216 e. The van der Waals surface area contributed by atoms with E-state index in [2.05, 4.69) is 20.2 Å². The number of nitriles is 1. The largest absolute Gasteiger partial charge is 0.482 e. The van der Waals surface area contributed by atoms with Gasteiger partial charge >= 0.3 is 0 Å². The molecule has 0 spiro atoms. The van der Waals surface area contributed by atoms with Crippen LogP contribution in [0.15, 0.2) is 34.2 Å². The number of aromatic nitrogens is 2. The predicted octanol–water partition coefficient (Wildman–Crippen LogP) is 2.77. The van der Waals surface area contributed by atoms with Gasteiger partial charge in [0.25, 0.3) is 0 Å². The molecule has 9 heteroatoms. The second-order valence-corrected chi connectivity index (χ2v) is 4.11. The lowest BCUT2D eigenvalue weighted by atomic mass is 10.2. The third-order valence-electron chi connectivity index (χ3n) is 2.78. The van der Waals surface area contributed by atoms with Gasteiger partial charge in [0, 0.05) is 23.6 Å². The molecule has 2 aromatic rings. The Bertz CT molecular complexity index is 703. The maximum absolute atomic E-state index is 9.13. The molecular formula is C13H12N6O3. The number of ether oxygens (including phenoxy) is 2. The first kappa shape index (κ1) is 15.2. The maximum atomic E-state index is 9.13. The highest BCUT2D eigenvalue weighted by molar-refractivity contribution is 5.43. The van der Waals surface area contributed by atoms with Crippen LogP contribution in [0, 0.1) is 11.3 Å². The Morgan fingerprint density at radius 3 is 3.09 bits per heavy atom. The van der Waals surface area contributed by atoms with E-state index in [1.165, 1.54) is 25.6 Å². The Hall–Kier alpha value is -3.24. The summed E-state index contributed by atoms with van der Waals surface area (Å²) in [5.41, 5.74) is 9.16. The van der Waals surface area contributed by atoms with Gasteiger partial charge in [-0.3, -0.25) is 0 Å². The van der Waals surface area contributed by atoms with Crippen LogP contribution in [-0.4, -0.2) is 23.8 Å². The van der Waals surface area contributed by atoms with Crippen molar-refractivity contribution in [3.05, 3.63) is 46.3 Å². The summed E-state index contributed by atoms with van der Waals surface area (Å²) in [6.45, 7) is 0.220. The highest BCUT2D eigenvalue weighted by atomic mass is 16.5. The summed E-state index contributed by atoms with van der Waals surface area (Å²) in [4.78, 5) is 6.65. The molecule has 0 unspecified atom stereocenters. The molecular weight excluding hydrogens is 288 g/mol. The van der Waals surface area contributed by atoms with Crippen LogP contribution in [0.2, 0.25) is 0 Å². The van der Waals surface area contributed by atoms with Crippen molar-refractivity contribution in [1.29, 1.82) is 5.26 Å². The van der Waals surface area contributed by atoms with E-state index in [1.54, 1.807) is 6.07 Å². The summed E-state index contributed by atoms with van der Waals surface area (Å²) in [7, 11) is 1.47. The summed E-state index contributed by atoms with van der Waals surface area (Å²) >= 11 is 0. The van der Waals surface area contributed by atoms with Gasteiger partial charge in [0.15, 0.2) is 0 Å². The minimum Gasteiger partial charge on any atom is -0.482 e. The topological polar surface area (TPSA) is 130 Å². The van der Waals surface area contributed by atoms with Gasteiger partial charge in [-0.2, -0.15) is 5.26 Å². The Morgan fingerprint density at radius 2 is 2.45 bits per heavy atom. The summed E-state index contributed by atoms with van der Waals surface area (Å²) in [6, 6.07) is 5.15. The van der Waals surface area contributed by atoms with Gasteiger partial charge in [0.2, 0.25) is 5.88 Å². The van der Waals surface area contributed by atoms with Crippen molar-refractivity contribution in [1.82, 2.24) is 10.1 Å². The molecule has 0 N–H and O–H groups in total. The zero-order valence-corrected chi connectivity index (χ0v) is 11.7. The fourth-order valence-electron chi connectivity index (χ4n) is 1.74. The molecule has 0 bridgehead atoms. The van der Waals surface area contributed by atoms with Crippen LogP contribution in [0.25, 0.3) is 10.4 Å². The zero-order valence-electron chi connectivity index (χ0n) is 11.7. The van der Waals surface area contributed by atoms with E-state index in [0.717, 1.165) is 0 Å². The fraction of sp³-hybridized carbons (Fsp3) is 0.308. The lowest BCUT2D eigenvalue weighted by Crippen LogP contribution is -2.10. The van der Waals surface area contributed by atoms with E-state index < -0.39 is 6.10 Å². The molecule has 112 valence electrons. The van der Waals surface area contributed by atoms with Crippen molar-refractivity contribution in [2.24, 2.45) is 5.11 Å². The molecule has 9 nitrogen and oxygen atoms in total. The van der Waals surface area contributed by atoms with Gasteiger partial charge in [0.1, 0.15) is 35.4 Å². The molecule has 1 atom stereocenters. The average Bonchev–Trinajstić information content (AvgIpc) is 3.08. The van der Waals surface area contributed by atoms with Crippen molar-refractivity contribution in [3.8, 4) is 17.7 Å². The van der Waals surface area contributed by atoms with E-state index in [-0.39, 0.29) is 12.1 Å². The third kappa shape index (κ3) is 3.65. The summed E-state index contributed by atoms with van der Waals surface area (Å²) in [5, 5.41) is 16.4. The highest BCUT2D eigenvalue weighted by Crippen LogP contribution is 2.28. The van der Waals surface area contributed by atoms with Gasteiger partial charge in [-0.15, -0.1) is 0 Å². The standard InChI is InChI=1S/C13H12N6O3/c1-20-13-6-12(9(7-14)8-16-13)22-11(2-4-17-19-15)10-3-5-21-18-10/h3,5-6,8,11H,2,4H2,1H3/t11-/m1/s1. The first-order chi connectivity index (χ1) is 10.8. The quantitative estimate of drug-likeness (QED) is 0.439. The molecule has 2 heterocycles. The average molecular weight is 300 g/mol. The minimum atomic E-state index is -0.525. The Morgan fingerprint density at radius 1 is 1.59 bits per heavy atom. The van der Waals surface area contributed by atoms with E-state index in [4.69, 9.17) is 24.8 Å². The normalized spacial score (nSPS) is 11.1. The second kappa shape index (κ2) is 7.52. The number of nitrogens with zero attached hydrogens (tertiary/aromatic N) is 6. The molecule has 0 aliphatic heterocycles. The van der Waals surface area contributed by atoms with E-state index in [0.29, 0.717) is 23.7 Å². The third-order valence-corrected chi connectivity index (χ3v) is 2.78. The summed E-state index contributed by atoms with van der Waals surface area (Å²) in [6.07, 6.45) is 2.63. The van der Waals surface area contributed by atoms with Crippen molar-refractivity contribution in [2.75, 3.05) is 13.7 Å². The zero-order chi connectivity index (χ0) is 15.8. The number of hydrogen-bond acceptors (Lipinski definition) is 7. The van der Waals surface area contributed by atoms with Crippen molar-refractivity contribution < 1.29 is 14.0 Å². The van der Waals surface area contributed by atoms with Crippen LogP contribution in [0.5, 0.6) is 11.6 Å². The van der Waals surface area contributed by atoms with Crippen molar-refractivity contribution in [2.45, 2.75) is 12.5 Å². The monoisotopic (exact) mass is 300 g/mol. The lowest BCUT2D eigenvalue weighted by molar-refractivity contribution is 0.185. The molecule has 0 fully saturated rings. The first-order valence-corrected chi connectivity index (χ1v) is 6.30. The lowest BCUT2D eigenvalue weighted by Gasteiger charge is -2.17. The van der Waals surface area contributed by atoms with Crippen LogP contribution < -0.4 is 9.47 Å². The molecule has 0 aliphatic rings. The van der Waals surface area contributed by atoms with E-state index in [1.807, 2.05) is 6.07 Å². The highest BCUT2D eigenvalue weighted by Gasteiger charge is 2.19. The number of pyridine rings is 1. The van der Waals surface area contributed by atoms with E-state index >= 15 is 0 Å². The second-order valence-electron chi connectivity index (χ2n) is 4.11. The van der Waals surface area contributed by atoms with Crippen LogP contribution in [-0.2, 0) is 0 Å². The molecule has 0 amide bonds. The molecule has 0 saturated heterocycles. The Balaban J connectivity index is 2.26. The SMILES string of the molecule is COc1cc(O[C@H](CCN=[N+]=[N-])c2ccon2)c(C#N)cn1. The van der Waals surface area contributed by atoms with Gasteiger partial charge in [-0.05, 0) is 12.0 Å². The minimum absolute atomic E-state index is 0.220. The van der Waals surface area contributed by atoms with Crippen LogP contribution in [0.1, 0.15) is 23.8 Å². The molecule has 2 rings (SSSR count). The van der Waals surface area contributed by atoms with Gasteiger partial charge < -0.3 is 14.0 Å². The number of hydrogen-bond donors (Lipinski definition) is 0. The summed E-state index contributed by atoms with van der Waals surface area (Å²) in [5.74, 6) is 0.631. The Kier molecular flexibility index (Phi) is 5.18. The number of methoxy groups -OCH3 is 1. The molecule has 2 aromatic heterocycles. The van der Waals surface area contributed by atoms with Gasteiger partial charge in [-0.25, -0.2) is 4.98 Å². The van der Waals surface area contributed by atoms with Crippen molar-refractivity contribution >= 4 is 0 Å². The molecule has 0 saturated carbocycles. The fourth-order valence-corrected chi connectivity index (χ4v) is 1.74. The Labute approximate surface area is 125 Å². The molecule has 22 heavy (non-hydrogen) atoms.